The zero-order chi connectivity index (χ0) is 13.0. The Morgan fingerprint density at radius 3 is 2.22 bits per heavy atom. The normalized spacial score (nSPS) is 13.7. The Kier molecular flexibility index (Phi) is 4.18. The summed E-state index contributed by atoms with van der Waals surface area (Å²) >= 11 is 11.6. The Morgan fingerprint density at radius 2 is 1.61 bits per heavy atom. The monoisotopic (exact) mass is 301 g/mol. The maximum absolute atomic E-state index is 12.0. The number of nitrogens with one attached hydrogen (secondary N) is 1. The third kappa shape index (κ3) is 3.95. The third-order valence-electron chi connectivity index (χ3n) is 2.07. The second kappa shape index (κ2) is 5.66. The fourth-order valence-electron chi connectivity index (χ4n) is 1.32. The molecule has 0 aromatic heterocycles. The van der Waals surface area contributed by atoms with Gasteiger partial charge in [0.2, 0.25) is 0 Å². The Morgan fingerprint density at radius 1 is 1.00 bits per heavy atom. The van der Waals surface area contributed by atoms with Crippen molar-refractivity contribution < 1.29 is 9.09 Å². The van der Waals surface area contributed by atoms with E-state index in [4.69, 9.17) is 27.4 Å². The quantitative estimate of drug-likeness (QED) is 0.791. The van der Waals surface area contributed by atoms with Crippen molar-refractivity contribution >= 4 is 35.4 Å². The molecule has 1 atom stereocenters. The van der Waals surface area contributed by atoms with Crippen molar-refractivity contribution in [2.75, 3.05) is 5.09 Å². The standard InChI is InChI=1S/C12H10Cl2NO2P/c13-10-6-8-12(9-7-10)17-18(14,16)15-11-4-2-1-3-5-11/h1-9H,(H,15,16). The van der Waals surface area contributed by atoms with Gasteiger partial charge in [0.15, 0.2) is 0 Å². The van der Waals surface area contributed by atoms with E-state index in [2.05, 4.69) is 5.09 Å². The number of anilines is 1. The van der Waals surface area contributed by atoms with E-state index in [0.717, 1.165) is 0 Å². The van der Waals surface area contributed by atoms with Crippen molar-refractivity contribution in [1.82, 2.24) is 0 Å². The van der Waals surface area contributed by atoms with Gasteiger partial charge < -0.3 is 4.52 Å². The highest BCUT2D eigenvalue weighted by Gasteiger charge is 2.20. The Bertz CT molecular complexity index is 560. The van der Waals surface area contributed by atoms with E-state index in [1.807, 2.05) is 18.2 Å². The van der Waals surface area contributed by atoms with E-state index >= 15 is 0 Å². The molecule has 1 unspecified atom stereocenters. The number of hydrogen-bond donors (Lipinski definition) is 1. The molecule has 3 nitrogen and oxygen atoms in total. The highest BCUT2D eigenvalue weighted by Crippen LogP contribution is 2.51. The highest BCUT2D eigenvalue weighted by atomic mass is 35.7. The minimum atomic E-state index is -3.47. The van der Waals surface area contributed by atoms with Crippen molar-refractivity contribution in [3.63, 3.8) is 0 Å². The summed E-state index contributed by atoms with van der Waals surface area (Å²) in [5.41, 5.74) is 0.629. The number of rotatable bonds is 4. The number of halogens is 2. The summed E-state index contributed by atoms with van der Waals surface area (Å²) in [7, 11) is 0. The van der Waals surface area contributed by atoms with Crippen molar-refractivity contribution in [3.05, 3.63) is 59.6 Å². The molecule has 18 heavy (non-hydrogen) atoms. The van der Waals surface area contributed by atoms with Gasteiger partial charge in [-0.2, -0.15) is 0 Å². The van der Waals surface area contributed by atoms with Crippen LogP contribution < -0.4 is 9.61 Å². The van der Waals surface area contributed by atoms with Gasteiger partial charge in [-0.25, -0.2) is 4.57 Å². The summed E-state index contributed by atoms with van der Waals surface area (Å²) in [6, 6.07) is 15.4. The molecule has 0 saturated heterocycles. The van der Waals surface area contributed by atoms with Gasteiger partial charge in [0, 0.05) is 22.0 Å². The summed E-state index contributed by atoms with van der Waals surface area (Å²) in [4.78, 5) is 0. The maximum Gasteiger partial charge on any atom is 0.435 e. The van der Waals surface area contributed by atoms with Gasteiger partial charge in [-0.05, 0) is 36.4 Å². The molecule has 0 aliphatic heterocycles. The first-order chi connectivity index (χ1) is 8.55. The lowest BCUT2D eigenvalue weighted by Gasteiger charge is -2.14. The van der Waals surface area contributed by atoms with Crippen LogP contribution in [0.3, 0.4) is 0 Å². The molecule has 0 amide bonds. The molecular weight excluding hydrogens is 292 g/mol. The molecule has 94 valence electrons. The highest BCUT2D eigenvalue weighted by molar-refractivity contribution is 7.86. The Labute approximate surface area is 115 Å². The van der Waals surface area contributed by atoms with E-state index < -0.39 is 6.87 Å². The zero-order valence-electron chi connectivity index (χ0n) is 9.22. The van der Waals surface area contributed by atoms with Gasteiger partial charge in [0.05, 0.1) is 0 Å². The minimum Gasteiger partial charge on any atom is -0.418 e. The lowest BCUT2D eigenvalue weighted by atomic mass is 10.3. The van der Waals surface area contributed by atoms with Gasteiger partial charge >= 0.3 is 6.87 Å². The first-order valence-corrected chi connectivity index (χ1v) is 8.04. The van der Waals surface area contributed by atoms with Crippen LogP contribution in [-0.4, -0.2) is 0 Å². The van der Waals surface area contributed by atoms with E-state index in [9.17, 15) is 4.57 Å². The van der Waals surface area contributed by atoms with E-state index in [-0.39, 0.29) is 0 Å². The topological polar surface area (TPSA) is 38.3 Å². The largest absolute Gasteiger partial charge is 0.435 e. The van der Waals surface area contributed by atoms with Crippen LogP contribution in [0.1, 0.15) is 0 Å². The van der Waals surface area contributed by atoms with Gasteiger partial charge in [-0.3, -0.25) is 5.09 Å². The van der Waals surface area contributed by atoms with E-state index in [1.165, 1.54) is 0 Å². The second-order valence-corrected chi connectivity index (χ2v) is 6.64. The van der Waals surface area contributed by atoms with Crippen LogP contribution in [-0.2, 0) is 4.57 Å². The van der Waals surface area contributed by atoms with Crippen molar-refractivity contribution in [3.8, 4) is 5.75 Å². The smallest absolute Gasteiger partial charge is 0.418 e. The van der Waals surface area contributed by atoms with Crippen molar-refractivity contribution in [2.45, 2.75) is 0 Å². The average Bonchev–Trinajstić information content (AvgIpc) is 2.32. The van der Waals surface area contributed by atoms with Crippen LogP contribution >= 0.6 is 29.7 Å². The molecule has 6 heteroatoms. The van der Waals surface area contributed by atoms with Gasteiger partial charge in [-0.15, -0.1) is 0 Å². The molecule has 0 aliphatic rings. The van der Waals surface area contributed by atoms with Gasteiger partial charge in [-0.1, -0.05) is 29.8 Å². The molecule has 0 bridgehead atoms. The molecular formula is C12H10Cl2NO2P. The van der Waals surface area contributed by atoms with Crippen LogP contribution in [0.4, 0.5) is 5.69 Å². The first kappa shape index (κ1) is 13.3. The number of para-hydroxylation sites is 1. The van der Waals surface area contributed by atoms with Crippen LogP contribution in [0.15, 0.2) is 54.6 Å². The second-order valence-electron chi connectivity index (χ2n) is 3.50. The summed E-state index contributed by atoms with van der Waals surface area (Å²) < 4.78 is 17.2. The van der Waals surface area contributed by atoms with Crippen LogP contribution in [0.2, 0.25) is 5.02 Å². The predicted molar refractivity (Wildman–Crippen MR) is 75.6 cm³/mol. The molecule has 0 saturated carbocycles. The minimum absolute atomic E-state index is 0.390. The summed E-state index contributed by atoms with van der Waals surface area (Å²) in [6.45, 7) is -3.47. The molecule has 0 radical (unpaired) electrons. The van der Waals surface area contributed by atoms with Crippen molar-refractivity contribution in [1.29, 1.82) is 0 Å². The van der Waals surface area contributed by atoms with Gasteiger partial charge in [0.1, 0.15) is 5.75 Å². The average molecular weight is 302 g/mol. The summed E-state index contributed by atoms with van der Waals surface area (Å²) in [5, 5.41) is 3.22. The SMILES string of the molecule is O=P(Cl)(Nc1ccccc1)Oc1ccc(Cl)cc1. The molecule has 0 spiro atoms. The molecule has 0 aliphatic carbocycles. The van der Waals surface area contributed by atoms with Crippen LogP contribution in [0, 0.1) is 0 Å². The Hall–Kier alpha value is -1.15. The van der Waals surface area contributed by atoms with Gasteiger partial charge in [0.25, 0.3) is 0 Å². The first-order valence-electron chi connectivity index (χ1n) is 5.13. The zero-order valence-corrected chi connectivity index (χ0v) is 11.6. The number of benzene rings is 2. The van der Waals surface area contributed by atoms with E-state index in [0.29, 0.717) is 16.5 Å². The predicted octanol–water partition coefficient (Wildman–Crippen LogP) is 5.18. The fraction of sp³-hybridized carbons (Fsp3) is 0. The lowest BCUT2D eigenvalue weighted by Crippen LogP contribution is -1.98. The summed E-state index contributed by atoms with van der Waals surface area (Å²) in [6.07, 6.45) is 0. The maximum atomic E-state index is 12.0. The van der Waals surface area contributed by atoms with Crippen LogP contribution in [0.5, 0.6) is 5.75 Å². The van der Waals surface area contributed by atoms with Crippen LogP contribution in [0.25, 0.3) is 0 Å². The molecule has 2 rings (SSSR count). The molecule has 2 aromatic rings. The molecule has 0 heterocycles. The molecule has 1 N–H and O–H groups in total. The lowest BCUT2D eigenvalue weighted by molar-refractivity contribution is 0.503. The molecule has 0 fully saturated rings. The van der Waals surface area contributed by atoms with E-state index in [1.54, 1.807) is 36.4 Å². The fourth-order valence-corrected chi connectivity index (χ4v) is 2.87. The third-order valence-corrected chi connectivity index (χ3v) is 3.76. The Balaban J connectivity index is 2.08. The van der Waals surface area contributed by atoms with Crippen molar-refractivity contribution in [2.24, 2.45) is 0 Å². The molecule has 2 aromatic carbocycles. The number of hydrogen-bond acceptors (Lipinski definition) is 2. The summed E-state index contributed by atoms with van der Waals surface area (Å²) in [5.74, 6) is 0.390.